The summed E-state index contributed by atoms with van der Waals surface area (Å²) in [4.78, 5) is 11.9. The lowest BCUT2D eigenvalue weighted by Crippen LogP contribution is -2.18. The molecule has 2 N–H and O–H groups in total. The van der Waals surface area contributed by atoms with Crippen LogP contribution in [0.25, 0.3) is 6.08 Å². The summed E-state index contributed by atoms with van der Waals surface area (Å²) < 4.78 is 5.59. The van der Waals surface area contributed by atoms with Gasteiger partial charge in [0, 0.05) is 21.7 Å². The average Bonchev–Trinajstić information content (AvgIpc) is 2.55. The monoisotopic (exact) mass is 362 g/mol. The van der Waals surface area contributed by atoms with E-state index < -0.39 is 0 Å². The molecule has 1 heterocycles. The van der Waals surface area contributed by atoms with Gasteiger partial charge < -0.3 is 9.84 Å². The zero-order chi connectivity index (χ0) is 17.1. The first kappa shape index (κ1) is 16.4. The van der Waals surface area contributed by atoms with Crippen molar-refractivity contribution in [2.24, 2.45) is 5.10 Å². The third-order valence-electron chi connectivity index (χ3n) is 3.29. The molecule has 0 unspecified atom stereocenters. The normalized spacial score (nSPS) is 13.2. The number of aromatic hydroxyl groups is 1. The molecule has 0 fully saturated rings. The van der Waals surface area contributed by atoms with Gasteiger partial charge in [-0.1, -0.05) is 23.2 Å². The predicted octanol–water partition coefficient (Wildman–Crippen LogP) is 3.89. The van der Waals surface area contributed by atoms with Gasteiger partial charge in [0.05, 0.1) is 11.2 Å². The first-order valence-corrected chi connectivity index (χ1v) is 7.73. The smallest absolute Gasteiger partial charge is 0.271 e. The maximum Gasteiger partial charge on any atom is 0.271 e. The second-order valence-electron chi connectivity index (χ2n) is 5.06. The molecule has 3 rings (SSSR count). The zero-order valence-electron chi connectivity index (χ0n) is 12.3. The minimum Gasteiger partial charge on any atom is -0.508 e. The maximum atomic E-state index is 11.9. The minimum atomic E-state index is -0.380. The molecule has 2 aromatic rings. The van der Waals surface area contributed by atoms with Crippen molar-refractivity contribution in [1.82, 2.24) is 5.43 Å². The van der Waals surface area contributed by atoms with Crippen LogP contribution < -0.4 is 10.2 Å². The fourth-order valence-electron chi connectivity index (χ4n) is 2.16. The summed E-state index contributed by atoms with van der Waals surface area (Å²) in [6.07, 6.45) is 3.34. The number of hydrogen-bond acceptors (Lipinski definition) is 4. The van der Waals surface area contributed by atoms with Crippen LogP contribution in [0.3, 0.4) is 0 Å². The quantitative estimate of drug-likeness (QED) is 0.642. The SMILES string of the molecule is O=C(NN=CC1=Cc2cc(Cl)cc(Cl)c2OC1)c1ccc(O)cc1. The number of benzene rings is 2. The molecule has 0 bridgehead atoms. The molecule has 1 aliphatic heterocycles. The van der Waals surface area contributed by atoms with E-state index >= 15 is 0 Å². The Morgan fingerprint density at radius 1 is 1.25 bits per heavy atom. The van der Waals surface area contributed by atoms with Crippen LogP contribution in [0.15, 0.2) is 47.1 Å². The first-order chi connectivity index (χ1) is 11.5. The van der Waals surface area contributed by atoms with E-state index in [0.29, 0.717) is 21.4 Å². The molecule has 1 amide bonds. The van der Waals surface area contributed by atoms with E-state index in [0.717, 1.165) is 11.1 Å². The molecule has 0 saturated heterocycles. The molecular formula is C17H12Cl2N2O3. The minimum absolute atomic E-state index is 0.0931. The lowest BCUT2D eigenvalue weighted by molar-refractivity contribution is 0.0955. The van der Waals surface area contributed by atoms with Crippen molar-refractivity contribution in [2.75, 3.05) is 6.61 Å². The van der Waals surface area contributed by atoms with E-state index in [1.807, 2.05) is 6.08 Å². The number of carbonyl (C=O) groups excluding carboxylic acids is 1. The Kier molecular flexibility index (Phi) is 4.74. The predicted molar refractivity (Wildman–Crippen MR) is 94.0 cm³/mol. The summed E-state index contributed by atoms with van der Waals surface area (Å²) in [5, 5.41) is 14.1. The van der Waals surface area contributed by atoms with Crippen LogP contribution in [0.1, 0.15) is 15.9 Å². The molecular weight excluding hydrogens is 351 g/mol. The Labute approximate surface area is 148 Å². The van der Waals surface area contributed by atoms with Gasteiger partial charge in [0.1, 0.15) is 18.1 Å². The topological polar surface area (TPSA) is 70.9 Å². The fourth-order valence-corrected chi connectivity index (χ4v) is 2.73. The van der Waals surface area contributed by atoms with Gasteiger partial charge in [-0.05, 0) is 42.5 Å². The van der Waals surface area contributed by atoms with E-state index in [1.165, 1.54) is 30.5 Å². The number of hydrogen-bond donors (Lipinski definition) is 2. The van der Waals surface area contributed by atoms with Crippen LogP contribution in [-0.2, 0) is 0 Å². The summed E-state index contributed by atoms with van der Waals surface area (Å²) in [5.74, 6) is 0.289. The lowest BCUT2D eigenvalue weighted by atomic mass is 10.1. The Hall–Kier alpha value is -2.50. The van der Waals surface area contributed by atoms with Crippen molar-refractivity contribution >= 4 is 41.4 Å². The number of hydrazone groups is 1. The number of nitrogens with one attached hydrogen (secondary N) is 1. The Morgan fingerprint density at radius 3 is 2.75 bits per heavy atom. The molecule has 0 radical (unpaired) electrons. The number of nitrogens with zero attached hydrogens (tertiary/aromatic N) is 1. The van der Waals surface area contributed by atoms with Gasteiger partial charge in [-0.2, -0.15) is 5.10 Å². The van der Waals surface area contributed by atoms with Gasteiger partial charge in [0.25, 0.3) is 5.91 Å². The molecule has 122 valence electrons. The van der Waals surface area contributed by atoms with E-state index in [2.05, 4.69) is 10.5 Å². The van der Waals surface area contributed by atoms with E-state index in [9.17, 15) is 9.90 Å². The highest BCUT2D eigenvalue weighted by molar-refractivity contribution is 6.36. The number of amides is 1. The number of carbonyl (C=O) groups is 1. The summed E-state index contributed by atoms with van der Waals surface area (Å²) in [5.41, 5.74) is 4.32. The van der Waals surface area contributed by atoms with Gasteiger partial charge in [0.2, 0.25) is 0 Å². The van der Waals surface area contributed by atoms with Crippen LogP contribution in [0.4, 0.5) is 0 Å². The molecule has 1 aliphatic rings. The molecule has 24 heavy (non-hydrogen) atoms. The van der Waals surface area contributed by atoms with Crippen molar-refractivity contribution in [2.45, 2.75) is 0 Å². The van der Waals surface area contributed by atoms with Crippen LogP contribution in [0.2, 0.25) is 10.0 Å². The number of phenolic OH excluding ortho intramolecular Hbond substituents is 1. The third kappa shape index (κ3) is 3.69. The third-order valence-corrected chi connectivity index (χ3v) is 3.79. The highest BCUT2D eigenvalue weighted by Crippen LogP contribution is 2.36. The van der Waals surface area contributed by atoms with E-state index in [4.69, 9.17) is 27.9 Å². The fraction of sp³-hybridized carbons (Fsp3) is 0.0588. The van der Waals surface area contributed by atoms with Gasteiger partial charge >= 0.3 is 0 Å². The number of phenols is 1. The average molecular weight is 363 g/mol. The summed E-state index contributed by atoms with van der Waals surface area (Å²) >= 11 is 12.0. The number of rotatable bonds is 3. The van der Waals surface area contributed by atoms with Crippen LogP contribution in [0, 0.1) is 0 Å². The molecule has 7 heteroatoms. The Balaban J connectivity index is 1.70. The molecule has 0 spiro atoms. The number of ether oxygens (including phenoxy) is 1. The molecule has 0 aromatic heterocycles. The highest BCUT2D eigenvalue weighted by Gasteiger charge is 2.15. The largest absolute Gasteiger partial charge is 0.508 e. The molecule has 2 aromatic carbocycles. The zero-order valence-corrected chi connectivity index (χ0v) is 13.8. The lowest BCUT2D eigenvalue weighted by Gasteiger charge is -2.17. The van der Waals surface area contributed by atoms with Crippen molar-refractivity contribution in [3.05, 3.63) is 63.1 Å². The Bertz CT molecular complexity index is 846. The van der Waals surface area contributed by atoms with Gasteiger partial charge in [-0.3, -0.25) is 4.79 Å². The standard InChI is InChI=1S/C17H12Cl2N2O3/c18-13-6-12-5-10(9-24-16(12)15(19)7-13)8-20-21-17(23)11-1-3-14(22)4-2-11/h1-8,22H,9H2,(H,21,23). The maximum absolute atomic E-state index is 11.9. The van der Waals surface area contributed by atoms with Gasteiger partial charge in [0.15, 0.2) is 0 Å². The van der Waals surface area contributed by atoms with Gasteiger partial charge in [-0.15, -0.1) is 0 Å². The molecule has 0 atom stereocenters. The van der Waals surface area contributed by atoms with Crippen LogP contribution >= 0.6 is 23.2 Å². The summed E-state index contributed by atoms with van der Waals surface area (Å²) in [6, 6.07) is 9.23. The molecule has 0 aliphatic carbocycles. The second-order valence-corrected chi connectivity index (χ2v) is 5.90. The van der Waals surface area contributed by atoms with Gasteiger partial charge in [-0.25, -0.2) is 5.43 Å². The van der Waals surface area contributed by atoms with Crippen molar-refractivity contribution in [1.29, 1.82) is 0 Å². The van der Waals surface area contributed by atoms with Crippen molar-refractivity contribution in [3.63, 3.8) is 0 Å². The van der Waals surface area contributed by atoms with E-state index in [1.54, 1.807) is 12.1 Å². The van der Waals surface area contributed by atoms with Crippen molar-refractivity contribution in [3.8, 4) is 11.5 Å². The molecule has 0 saturated carbocycles. The number of fused-ring (bicyclic) bond motifs is 1. The summed E-state index contributed by atoms with van der Waals surface area (Å²) in [7, 11) is 0. The molecule has 5 nitrogen and oxygen atoms in total. The van der Waals surface area contributed by atoms with E-state index in [-0.39, 0.29) is 18.3 Å². The number of halogens is 2. The first-order valence-electron chi connectivity index (χ1n) is 6.98. The second kappa shape index (κ2) is 6.95. The van der Waals surface area contributed by atoms with Crippen LogP contribution in [0.5, 0.6) is 11.5 Å². The highest BCUT2D eigenvalue weighted by atomic mass is 35.5. The summed E-state index contributed by atoms with van der Waals surface area (Å²) in [6.45, 7) is 0.285. The Morgan fingerprint density at radius 2 is 2.00 bits per heavy atom. The van der Waals surface area contributed by atoms with Crippen LogP contribution in [-0.4, -0.2) is 23.8 Å². The van der Waals surface area contributed by atoms with Crippen molar-refractivity contribution < 1.29 is 14.6 Å².